The zero-order valence-electron chi connectivity index (χ0n) is 16.8. The molecule has 0 saturated carbocycles. The minimum Gasteiger partial charge on any atom is -0.497 e. The average Bonchev–Trinajstić information content (AvgIpc) is 2.77. The molecular weight excluding hydrogens is 356 g/mol. The van der Waals surface area contributed by atoms with Crippen LogP contribution in [0.2, 0.25) is 0 Å². The van der Waals surface area contributed by atoms with Crippen LogP contribution < -0.4 is 19.1 Å². The van der Waals surface area contributed by atoms with Gasteiger partial charge < -0.3 is 24.0 Å². The van der Waals surface area contributed by atoms with Crippen LogP contribution in [0, 0.1) is 0 Å². The lowest BCUT2D eigenvalue weighted by Gasteiger charge is -2.36. The van der Waals surface area contributed by atoms with Gasteiger partial charge in [-0.05, 0) is 36.2 Å². The fourth-order valence-electron chi connectivity index (χ4n) is 3.47. The van der Waals surface area contributed by atoms with Crippen molar-refractivity contribution in [2.24, 2.45) is 0 Å². The molecule has 0 N–H and O–H groups in total. The maximum absolute atomic E-state index is 12.6. The number of ether oxygens (including phenoxy) is 3. The van der Waals surface area contributed by atoms with Crippen LogP contribution in [0.25, 0.3) is 0 Å². The van der Waals surface area contributed by atoms with Gasteiger partial charge in [0.05, 0.1) is 21.3 Å². The monoisotopic (exact) mass is 384 g/mol. The zero-order chi connectivity index (χ0) is 19.9. The maximum Gasteiger partial charge on any atom is 0.223 e. The van der Waals surface area contributed by atoms with Crippen molar-refractivity contribution in [3.8, 4) is 17.2 Å². The highest BCUT2D eigenvalue weighted by Crippen LogP contribution is 2.28. The molecule has 28 heavy (non-hydrogen) atoms. The lowest BCUT2D eigenvalue weighted by atomic mass is 10.1. The fraction of sp³-hybridized carbons (Fsp3) is 0.409. The Bertz CT molecular complexity index is 801. The van der Waals surface area contributed by atoms with E-state index in [4.69, 9.17) is 14.2 Å². The van der Waals surface area contributed by atoms with E-state index in [1.54, 1.807) is 21.3 Å². The summed E-state index contributed by atoms with van der Waals surface area (Å²) >= 11 is 0. The molecule has 6 nitrogen and oxygen atoms in total. The molecule has 0 unspecified atom stereocenters. The molecule has 0 spiro atoms. The predicted molar refractivity (Wildman–Crippen MR) is 110 cm³/mol. The first kappa shape index (κ1) is 19.9. The Labute approximate surface area is 166 Å². The van der Waals surface area contributed by atoms with E-state index in [1.807, 2.05) is 41.3 Å². The van der Waals surface area contributed by atoms with E-state index in [0.717, 1.165) is 43.2 Å². The smallest absolute Gasteiger partial charge is 0.223 e. The summed E-state index contributed by atoms with van der Waals surface area (Å²) in [6, 6.07) is 13.9. The Morgan fingerprint density at radius 1 is 0.893 bits per heavy atom. The van der Waals surface area contributed by atoms with E-state index in [-0.39, 0.29) is 5.91 Å². The summed E-state index contributed by atoms with van der Waals surface area (Å²) < 4.78 is 15.9. The first-order valence-corrected chi connectivity index (χ1v) is 9.52. The zero-order valence-corrected chi connectivity index (χ0v) is 16.8. The number of piperazine rings is 1. The van der Waals surface area contributed by atoms with E-state index in [1.165, 1.54) is 0 Å². The summed E-state index contributed by atoms with van der Waals surface area (Å²) in [7, 11) is 4.91. The standard InChI is InChI=1S/C22H28N2O4/c1-26-19-6-4-5-18(16-19)23-11-13-24(14-12-23)22(25)10-8-17-7-9-20(27-2)21(15-17)28-3/h4-7,9,15-16H,8,10-14H2,1-3H3. The number of methoxy groups -OCH3 is 3. The molecular formula is C22H28N2O4. The summed E-state index contributed by atoms with van der Waals surface area (Å²) in [6.07, 6.45) is 1.18. The quantitative estimate of drug-likeness (QED) is 0.735. The second-order valence-electron chi connectivity index (χ2n) is 6.76. The van der Waals surface area contributed by atoms with Gasteiger partial charge in [0, 0.05) is 44.4 Å². The Kier molecular flexibility index (Phi) is 6.63. The van der Waals surface area contributed by atoms with Crippen LogP contribution in [0.3, 0.4) is 0 Å². The Balaban J connectivity index is 1.51. The first-order valence-electron chi connectivity index (χ1n) is 9.52. The van der Waals surface area contributed by atoms with Crippen molar-refractivity contribution in [1.82, 2.24) is 4.90 Å². The summed E-state index contributed by atoms with van der Waals surface area (Å²) in [5, 5.41) is 0. The molecule has 1 aliphatic rings. The van der Waals surface area contributed by atoms with Crippen LogP contribution >= 0.6 is 0 Å². The third kappa shape index (κ3) is 4.68. The van der Waals surface area contributed by atoms with Crippen LogP contribution in [0.5, 0.6) is 17.2 Å². The molecule has 2 aromatic carbocycles. The molecule has 0 radical (unpaired) electrons. The van der Waals surface area contributed by atoms with E-state index in [9.17, 15) is 4.79 Å². The number of carbonyl (C=O) groups is 1. The van der Waals surface area contributed by atoms with Gasteiger partial charge in [-0.15, -0.1) is 0 Å². The van der Waals surface area contributed by atoms with Gasteiger partial charge >= 0.3 is 0 Å². The first-order chi connectivity index (χ1) is 13.6. The molecule has 1 heterocycles. The number of benzene rings is 2. The molecule has 3 rings (SSSR count). The van der Waals surface area contributed by atoms with Gasteiger partial charge in [-0.1, -0.05) is 12.1 Å². The second kappa shape index (κ2) is 9.35. The molecule has 1 aliphatic heterocycles. The van der Waals surface area contributed by atoms with Crippen molar-refractivity contribution in [2.75, 3.05) is 52.4 Å². The molecule has 0 atom stereocenters. The number of nitrogens with zero attached hydrogens (tertiary/aromatic N) is 2. The Morgan fingerprint density at radius 2 is 1.64 bits per heavy atom. The normalized spacial score (nSPS) is 14.0. The lowest BCUT2D eigenvalue weighted by molar-refractivity contribution is -0.131. The van der Waals surface area contributed by atoms with Gasteiger partial charge in [-0.25, -0.2) is 0 Å². The number of hydrogen-bond acceptors (Lipinski definition) is 5. The highest BCUT2D eigenvalue weighted by molar-refractivity contribution is 5.77. The van der Waals surface area contributed by atoms with Crippen molar-refractivity contribution in [2.45, 2.75) is 12.8 Å². The molecule has 1 amide bonds. The Morgan fingerprint density at radius 3 is 2.32 bits per heavy atom. The van der Waals surface area contributed by atoms with Crippen molar-refractivity contribution < 1.29 is 19.0 Å². The molecule has 1 fully saturated rings. The van der Waals surface area contributed by atoms with Gasteiger partial charge in [-0.2, -0.15) is 0 Å². The fourth-order valence-corrected chi connectivity index (χ4v) is 3.47. The number of amides is 1. The number of anilines is 1. The molecule has 2 aromatic rings. The number of aryl methyl sites for hydroxylation is 1. The third-order valence-electron chi connectivity index (χ3n) is 5.13. The molecule has 0 aliphatic carbocycles. The van der Waals surface area contributed by atoms with Crippen molar-refractivity contribution in [1.29, 1.82) is 0 Å². The molecule has 0 aromatic heterocycles. The molecule has 150 valence electrons. The van der Waals surface area contributed by atoms with E-state index >= 15 is 0 Å². The maximum atomic E-state index is 12.6. The molecule has 6 heteroatoms. The van der Waals surface area contributed by atoms with Crippen LogP contribution in [-0.2, 0) is 11.2 Å². The highest BCUT2D eigenvalue weighted by atomic mass is 16.5. The predicted octanol–water partition coefficient (Wildman–Crippen LogP) is 2.99. The van der Waals surface area contributed by atoms with Crippen LogP contribution in [-0.4, -0.2) is 58.3 Å². The van der Waals surface area contributed by atoms with E-state index in [2.05, 4.69) is 11.0 Å². The molecule has 0 bridgehead atoms. The van der Waals surface area contributed by atoms with Crippen LogP contribution in [0.1, 0.15) is 12.0 Å². The van der Waals surface area contributed by atoms with E-state index < -0.39 is 0 Å². The summed E-state index contributed by atoms with van der Waals surface area (Å²) in [6.45, 7) is 3.13. The summed E-state index contributed by atoms with van der Waals surface area (Å²) in [5.41, 5.74) is 2.21. The summed E-state index contributed by atoms with van der Waals surface area (Å²) in [5.74, 6) is 2.44. The minimum atomic E-state index is 0.195. The third-order valence-corrected chi connectivity index (χ3v) is 5.13. The van der Waals surface area contributed by atoms with Gasteiger partial charge in [0.1, 0.15) is 5.75 Å². The van der Waals surface area contributed by atoms with Gasteiger partial charge in [0.25, 0.3) is 0 Å². The number of hydrogen-bond donors (Lipinski definition) is 0. The molecule has 1 saturated heterocycles. The van der Waals surface area contributed by atoms with Gasteiger partial charge in [0.2, 0.25) is 5.91 Å². The van der Waals surface area contributed by atoms with Crippen LogP contribution in [0.15, 0.2) is 42.5 Å². The van der Waals surface area contributed by atoms with Gasteiger partial charge in [-0.3, -0.25) is 4.79 Å². The second-order valence-corrected chi connectivity index (χ2v) is 6.76. The van der Waals surface area contributed by atoms with Crippen molar-refractivity contribution >= 4 is 11.6 Å². The highest BCUT2D eigenvalue weighted by Gasteiger charge is 2.21. The lowest BCUT2D eigenvalue weighted by Crippen LogP contribution is -2.48. The number of rotatable bonds is 7. The average molecular weight is 384 g/mol. The van der Waals surface area contributed by atoms with Gasteiger partial charge in [0.15, 0.2) is 11.5 Å². The minimum absolute atomic E-state index is 0.195. The van der Waals surface area contributed by atoms with E-state index in [0.29, 0.717) is 24.3 Å². The van der Waals surface area contributed by atoms with Crippen molar-refractivity contribution in [3.63, 3.8) is 0 Å². The SMILES string of the molecule is COc1cccc(N2CCN(C(=O)CCc3ccc(OC)c(OC)c3)CC2)c1. The van der Waals surface area contributed by atoms with Crippen molar-refractivity contribution in [3.05, 3.63) is 48.0 Å². The van der Waals surface area contributed by atoms with Crippen LogP contribution in [0.4, 0.5) is 5.69 Å². The largest absolute Gasteiger partial charge is 0.497 e. The topological polar surface area (TPSA) is 51.2 Å². The summed E-state index contributed by atoms with van der Waals surface area (Å²) in [4.78, 5) is 16.9. The Hall–Kier alpha value is -2.89. The number of carbonyl (C=O) groups excluding carboxylic acids is 1.